The van der Waals surface area contributed by atoms with Crippen LogP contribution in [0, 0.1) is 18.6 Å². The smallest absolute Gasteiger partial charge is 0.253 e. The van der Waals surface area contributed by atoms with E-state index in [-0.39, 0.29) is 57.9 Å². The van der Waals surface area contributed by atoms with E-state index in [1.807, 2.05) is 0 Å². The Balaban J connectivity index is 1.37. The minimum Gasteiger partial charge on any atom is -0.375 e. The van der Waals surface area contributed by atoms with Crippen molar-refractivity contribution in [2.75, 3.05) is 13.2 Å². The highest BCUT2D eigenvalue weighted by atomic mass is 35.5. The highest BCUT2D eigenvalue weighted by Gasteiger charge is 2.48. The van der Waals surface area contributed by atoms with Crippen LogP contribution in [0.1, 0.15) is 34.9 Å². The van der Waals surface area contributed by atoms with Crippen molar-refractivity contribution in [3.05, 3.63) is 82.7 Å². The molecule has 1 saturated heterocycles. The SMILES string of the molecule is Cc1nc(-c2c(F)cc(Cl)cc2-c2cnc([C@@H](C)NC(=O)C3(NC(=O)c4cccnc4)COC3)c(F)c2)no1. The van der Waals surface area contributed by atoms with Gasteiger partial charge in [-0.15, -0.1) is 0 Å². The fraction of sp³-hybridized carbons (Fsp3) is 0.231. The Morgan fingerprint density at radius 3 is 2.56 bits per heavy atom. The first kappa shape index (κ1) is 26.3. The van der Waals surface area contributed by atoms with Gasteiger partial charge in [0.2, 0.25) is 11.7 Å². The molecule has 0 saturated carbocycles. The van der Waals surface area contributed by atoms with Crippen molar-refractivity contribution in [2.45, 2.75) is 25.4 Å². The van der Waals surface area contributed by atoms with Crippen LogP contribution in [0.3, 0.4) is 0 Å². The van der Waals surface area contributed by atoms with Crippen molar-refractivity contribution in [1.82, 2.24) is 30.7 Å². The van der Waals surface area contributed by atoms with E-state index in [2.05, 4.69) is 30.7 Å². The Bertz CT molecular complexity index is 1560. The molecule has 0 bridgehead atoms. The number of benzene rings is 1. The van der Waals surface area contributed by atoms with Crippen molar-refractivity contribution < 1.29 is 27.6 Å². The molecule has 4 heterocycles. The first-order valence-electron chi connectivity index (χ1n) is 11.7. The van der Waals surface area contributed by atoms with Crippen molar-refractivity contribution in [2.24, 2.45) is 0 Å². The normalized spacial score (nSPS) is 14.8. The van der Waals surface area contributed by atoms with Gasteiger partial charge >= 0.3 is 0 Å². The van der Waals surface area contributed by atoms with Gasteiger partial charge in [-0.05, 0) is 42.8 Å². The number of aromatic nitrogens is 4. The summed E-state index contributed by atoms with van der Waals surface area (Å²) in [5.74, 6) is -2.33. The van der Waals surface area contributed by atoms with Gasteiger partial charge in [0.25, 0.3) is 11.8 Å². The van der Waals surface area contributed by atoms with Crippen molar-refractivity contribution >= 4 is 23.4 Å². The van der Waals surface area contributed by atoms with Crippen LogP contribution >= 0.6 is 11.6 Å². The standard InChI is InChI=1S/C26H21ClF2N6O4/c1-13(32-25(37)26(11-38-12-26)34-24(36)15-4-3-5-30-9-15)22-20(29)6-16(10-31-22)18-7-17(27)8-19(28)21(18)23-33-14(2)39-35-23/h3-10,13H,11-12H2,1-2H3,(H,32,37)(H,34,36)/t13-/m1/s1. The average Bonchev–Trinajstić information content (AvgIpc) is 3.31. The first-order chi connectivity index (χ1) is 18.7. The number of carbonyl (C=O) groups excluding carboxylic acids is 2. The number of hydrogen-bond donors (Lipinski definition) is 2. The Hall–Kier alpha value is -4.29. The Morgan fingerprint density at radius 2 is 1.95 bits per heavy atom. The summed E-state index contributed by atoms with van der Waals surface area (Å²) in [7, 11) is 0. The maximum Gasteiger partial charge on any atom is 0.253 e. The molecule has 1 aliphatic rings. The van der Waals surface area contributed by atoms with Crippen LogP contribution in [0.15, 0.2) is 53.4 Å². The second-order valence-electron chi connectivity index (χ2n) is 9.00. The van der Waals surface area contributed by atoms with Crippen LogP contribution in [0.25, 0.3) is 22.5 Å². The van der Waals surface area contributed by atoms with E-state index in [4.69, 9.17) is 20.9 Å². The number of carbonyl (C=O) groups is 2. The number of hydrogen-bond acceptors (Lipinski definition) is 8. The predicted octanol–water partition coefficient (Wildman–Crippen LogP) is 3.81. The summed E-state index contributed by atoms with van der Waals surface area (Å²) < 4.78 is 40.4. The molecule has 1 aliphatic heterocycles. The molecule has 1 fully saturated rings. The number of amides is 2. The van der Waals surface area contributed by atoms with Gasteiger partial charge in [-0.3, -0.25) is 19.6 Å². The maximum atomic E-state index is 15.3. The third-order valence-corrected chi connectivity index (χ3v) is 6.37. The maximum absolute atomic E-state index is 15.3. The van der Waals surface area contributed by atoms with Gasteiger partial charge in [-0.25, -0.2) is 8.78 Å². The number of aryl methyl sites for hydroxylation is 1. The summed E-state index contributed by atoms with van der Waals surface area (Å²) in [6.07, 6.45) is 4.23. The van der Waals surface area contributed by atoms with Crippen LogP contribution in [-0.2, 0) is 9.53 Å². The molecule has 0 aliphatic carbocycles. The van der Waals surface area contributed by atoms with E-state index in [0.29, 0.717) is 0 Å². The Morgan fingerprint density at radius 1 is 1.15 bits per heavy atom. The molecule has 13 heteroatoms. The molecule has 2 amide bonds. The molecule has 4 aromatic rings. The van der Waals surface area contributed by atoms with E-state index in [1.54, 1.807) is 26.0 Å². The molecule has 3 aromatic heterocycles. The van der Waals surface area contributed by atoms with Crippen molar-refractivity contribution in [1.29, 1.82) is 0 Å². The summed E-state index contributed by atoms with van der Waals surface area (Å²) in [5.41, 5.74) is -0.725. The summed E-state index contributed by atoms with van der Waals surface area (Å²) in [6.45, 7) is 3.00. The van der Waals surface area contributed by atoms with Crippen LogP contribution in [-0.4, -0.2) is 50.7 Å². The third kappa shape index (κ3) is 5.20. The number of pyridine rings is 2. The fourth-order valence-corrected chi connectivity index (χ4v) is 4.30. The van der Waals surface area contributed by atoms with Gasteiger partial charge in [0.15, 0.2) is 5.54 Å². The zero-order valence-corrected chi connectivity index (χ0v) is 21.4. The highest BCUT2D eigenvalue weighted by Crippen LogP contribution is 2.36. The van der Waals surface area contributed by atoms with E-state index in [1.165, 1.54) is 24.7 Å². The van der Waals surface area contributed by atoms with E-state index < -0.39 is 35.0 Å². The minimum absolute atomic E-state index is 0.0249. The lowest BCUT2D eigenvalue weighted by atomic mass is 9.94. The van der Waals surface area contributed by atoms with Gasteiger partial charge in [-0.2, -0.15) is 4.98 Å². The summed E-state index contributed by atoms with van der Waals surface area (Å²) in [6, 6.07) is 5.97. The topological polar surface area (TPSA) is 132 Å². The van der Waals surface area contributed by atoms with Crippen LogP contribution in [0.4, 0.5) is 8.78 Å². The molecule has 0 unspecified atom stereocenters. The van der Waals surface area contributed by atoms with E-state index >= 15 is 4.39 Å². The zero-order valence-electron chi connectivity index (χ0n) is 20.7. The number of nitrogens with zero attached hydrogens (tertiary/aromatic N) is 4. The molecular weight excluding hydrogens is 534 g/mol. The average molecular weight is 555 g/mol. The molecule has 2 N–H and O–H groups in total. The lowest BCUT2D eigenvalue weighted by molar-refractivity contribution is -0.147. The molecule has 1 aromatic carbocycles. The number of halogens is 3. The number of nitrogens with one attached hydrogen (secondary N) is 2. The second-order valence-corrected chi connectivity index (χ2v) is 9.44. The molecule has 200 valence electrons. The van der Waals surface area contributed by atoms with Crippen LogP contribution < -0.4 is 10.6 Å². The van der Waals surface area contributed by atoms with E-state index in [9.17, 15) is 14.0 Å². The van der Waals surface area contributed by atoms with E-state index in [0.717, 1.165) is 12.1 Å². The van der Waals surface area contributed by atoms with Crippen LogP contribution in [0.2, 0.25) is 5.02 Å². The number of ether oxygens (including phenoxy) is 1. The quantitative estimate of drug-likeness (QED) is 0.352. The fourth-order valence-electron chi connectivity index (χ4n) is 4.10. The van der Waals surface area contributed by atoms with Gasteiger partial charge in [0.05, 0.1) is 36.1 Å². The molecule has 1 atom stereocenters. The molecule has 0 spiro atoms. The summed E-state index contributed by atoms with van der Waals surface area (Å²) in [4.78, 5) is 37.9. The van der Waals surface area contributed by atoms with Crippen molar-refractivity contribution in [3.8, 4) is 22.5 Å². The molecule has 10 nitrogen and oxygen atoms in total. The van der Waals surface area contributed by atoms with Gasteiger partial charge in [-0.1, -0.05) is 16.8 Å². The summed E-state index contributed by atoms with van der Waals surface area (Å²) >= 11 is 6.07. The molecular formula is C26H21ClF2N6O4. The molecule has 5 rings (SSSR count). The second kappa shape index (κ2) is 10.5. The van der Waals surface area contributed by atoms with Crippen LogP contribution in [0.5, 0.6) is 0 Å². The monoisotopic (exact) mass is 554 g/mol. The number of rotatable bonds is 7. The first-order valence-corrected chi connectivity index (χ1v) is 12.1. The summed E-state index contributed by atoms with van der Waals surface area (Å²) in [5, 5.41) is 9.22. The van der Waals surface area contributed by atoms with Crippen molar-refractivity contribution in [3.63, 3.8) is 0 Å². The Kier molecular flexibility index (Phi) is 7.06. The lowest BCUT2D eigenvalue weighted by Crippen LogP contribution is -2.70. The minimum atomic E-state index is -1.33. The Labute approximate surface area is 225 Å². The lowest BCUT2D eigenvalue weighted by Gasteiger charge is -2.40. The molecule has 39 heavy (non-hydrogen) atoms. The largest absolute Gasteiger partial charge is 0.375 e. The zero-order chi connectivity index (χ0) is 27.7. The highest BCUT2D eigenvalue weighted by molar-refractivity contribution is 6.31. The van der Waals surface area contributed by atoms with Gasteiger partial charge in [0.1, 0.15) is 11.6 Å². The van der Waals surface area contributed by atoms with Gasteiger partial charge in [0, 0.05) is 36.1 Å². The molecule has 0 radical (unpaired) electrons. The predicted molar refractivity (Wildman–Crippen MR) is 134 cm³/mol. The third-order valence-electron chi connectivity index (χ3n) is 6.15. The van der Waals surface area contributed by atoms with Gasteiger partial charge < -0.3 is 19.9 Å².